The van der Waals surface area contributed by atoms with Crippen LogP contribution in [-0.2, 0) is 21.4 Å². The molecule has 2 aliphatic rings. The molecule has 9 nitrogen and oxygen atoms in total. The summed E-state index contributed by atoms with van der Waals surface area (Å²) in [5, 5.41) is 11.2. The number of benzene rings is 1. The number of anilines is 1. The fraction of sp³-hybridized carbons (Fsp3) is 0.500. The predicted molar refractivity (Wildman–Crippen MR) is 119 cm³/mol. The zero-order valence-corrected chi connectivity index (χ0v) is 19.0. The average Bonchev–Trinajstić information content (AvgIpc) is 3.40. The summed E-state index contributed by atoms with van der Waals surface area (Å²) in [5.41, 5.74) is 0.984. The summed E-state index contributed by atoms with van der Waals surface area (Å²) < 4.78 is 6.73. The fourth-order valence-electron chi connectivity index (χ4n) is 4.71. The van der Waals surface area contributed by atoms with Gasteiger partial charge >= 0.3 is 5.97 Å². The van der Waals surface area contributed by atoms with Crippen molar-refractivity contribution in [2.45, 2.75) is 49.3 Å². The van der Waals surface area contributed by atoms with Crippen molar-refractivity contribution in [2.24, 2.45) is 13.0 Å². The highest BCUT2D eigenvalue weighted by atomic mass is 32.2. The van der Waals surface area contributed by atoms with Crippen molar-refractivity contribution in [3.63, 3.8) is 0 Å². The first-order valence-corrected chi connectivity index (χ1v) is 11.7. The number of carbonyl (C=O) groups excluding carboxylic acids is 3. The maximum Gasteiger partial charge on any atom is 0.328 e. The molecular weight excluding hydrogens is 430 g/mol. The molecule has 3 unspecified atom stereocenters. The van der Waals surface area contributed by atoms with E-state index in [9.17, 15) is 14.4 Å². The molecule has 0 bridgehead atoms. The van der Waals surface area contributed by atoms with E-state index in [4.69, 9.17) is 4.74 Å². The van der Waals surface area contributed by atoms with Gasteiger partial charge in [0.05, 0.1) is 12.9 Å². The van der Waals surface area contributed by atoms with Gasteiger partial charge in [0, 0.05) is 24.3 Å². The van der Waals surface area contributed by atoms with Crippen molar-refractivity contribution < 1.29 is 19.1 Å². The van der Waals surface area contributed by atoms with Gasteiger partial charge in [-0.05, 0) is 43.4 Å². The standard InChI is InChI=1S/C22H27N5O4S/c1-26-13-23-25-22(26)32-12-19(28)24-16-8-5-7-15(10-16)20(29)27-17-9-4-3-6-14(17)11-18(27)21(30)31-2/h5,7-8,10,13-14,17-18H,3-4,6,9,11-12H2,1-2H3,(H,24,28). The molecule has 10 heteroatoms. The molecule has 1 aromatic heterocycles. The lowest BCUT2D eigenvalue weighted by molar-refractivity contribution is -0.145. The lowest BCUT2D eigenvalue weighted by Crippen LogP contribution is -2.46. The Balaban J connectivity index is 1.46. The Morgan fingerprint density at radius 3 is 2.81 bits per heavy atom. The molecule has 2 heterocycles. The second-order valence-electron chi connectivity index (χ2n) is 8.24. The number of esters is 1. The van der Waals surface area contributed by atoms with Crippen LogP contribution < -0.4 is 5.32 Å². The first-order valence-electron chi connectivity index (χ1n) is 10.7. The number of aromatic nitrogens is 3. The Kier molecular flexibility index (Phi) is 6.78. The predicted octanol–water partition coefficient (Wildman–Crippen LogP) is 2.49. The van der Waals surface area contributed by atoms with E-state index in [1.54, 1.807) is 40.1 Å². The van der Waals surface area contributed by atoms with Crippen LogP contribution in [0, 0.1) is 5.92 Å². The van der Waals surface area contributed by atoms with Crippen molar-refractivity contribution >= 4 is 35.2 Å². The third kappa shape index (κ3) is 4.64. The van der Waals surface area contributed by atoms with Crippen LogP contribution in [-0.4, -0.2) is 62.4 Å². The summed E-state index contributed by atoms with van der Waals surface area (Å²) in [5.74, 6) is -0.261. The van der Waals surface area contributed by atoms with Crippen molar-refractivity contribution in [1.82, 2.24) is 19.7 Å². The lowest BCUT2D eigenvalue weighted by Gasteiger charge is -2.33. The van der Waals surface area contributed by atoms with Gasteiger partial charge in [0.1, 0.15) is 12.4 Å². The normalized spacial score (nSPS) is 22.3. The van der Waals surface area contributed by atoms with Gasteiger partial charge in [-0.15, -0.1) is 10.2 Å². The van der Waals surface area contributed by atoms with Crippen molar-refractivity contribution in [1.29, 1.82) is 0 Å². The topological polar surface area (TPSA) is 106 Å². The van der Waals surface area contributed by atoms with Crippen LogP contribution in [0.1, 0.15) is 42.5 Å². The molecule has 2 fully saturated rings. The molecule has 0 spiro atoms. The minimum Gasteiger partial charge on any atom is -0.467 e. The highest BCUT2D eigenvalue weighted by molar-refractivity contribution is 7.99. The fourth-order valence-corrected chi connectivity index (χ4v) is 5.40. The van der Waals surface area contributed by atoms with E-state index in [0.29, 0.717) is 28.7 Å². The van der Waals surface area contributed by atoms with Crippen molar-refractivity contribution in [3.8, 4) is 0 Å². The van der Waals surface area contributed by atoms with Crippen LogP contribution in [0.2, 0.25) is 0 Å². The molecule has 2 amide bonds. The van der Waals surface area contributed by atoms with Crippen molar-refractivity contribution in [3.05, 3.63) is 36.2 Å². The number of thioether (sulfide) groups is 1. The summed E-state index contributed by atoms with van der Waals surface area (Å²) in [6, 6.07) is 6.37. The van der Waals surface area contributed by atoms with Crippen LogP contribution in [0.3, 0.4) is 0 Å². The molecule has 1 aromatic carbocycles. The number of rotatable bonds is 6. The van der Waals surface area contributed by atoms with Gasteiger partial charge in [-0.3, -0.25) is 9.59 Å². The Bertz CT molecular complexity index is 1010. The van der Waals surface area contributed by atoms with Gasteiger partial charge < -0.3 is 19.5 Å². The molecule has 0 radical (unpaired) electrons. The molecule has 1 saturated heterocycles. The van der Waals surface area contributed by atoms with E-state index in [1.807, 2.05) is 7.05 Å². The lowest BCUT2D eigenvalue weighted by atomic mass is 9.84. The zero-order chi connectivity index (χ0) is 22.7. The van der Waals surface area contributed by atoms with E-state index in [-0.39, 0.29) is 29.6 Å². The van der Waals surface area contributed by atoms with Crippen LogP contribution in [0.25, 0.3) is 0 Å². The summed E-state index contributed by atoms with van der Waals surface area (Å²) in [7, 11) is 3.17. The summed E-state index contributed by atoms with van der Waals surface area (Å²) >= 11 is 1.28. The number of ether oxygens (including phenoxy) is 1. The molecular formula is C22H27N5O4S. The Morgan fingerprint density at radius 1 is 1.25 bits per heavy atom. The molecule has 1 N–H and O–H groups in total. The van der Waals surface area contributed by atoms with E-state index in [2.05, 4.69) is 15.5 Å². The number of hydrogen-bond acceptors (Lipinski definition) is 7. The minimum atomic E-state index is -0.554. The number of aryl methyl sites for hydroxylation is 1. The quantitative estimate of drug-likeness (QED) is 0.525. The Hall–Kier alpha value is -2.88. The number of nitrogens with zero attached hydrogens (tertiary/aromatic N) is 4. The number of fused-ring (bicyclic) bond motifs is 1. The first kappa shape index (κ1) is 22.3. The van der Waals surface area contributed by atoms with Gasteiger partial charge in [-0.2, -0.15) is 0 Å². The van der Waals surface area contributed by atoms with Crippen LogP contribution in [0.4, 0.5) is 5.69 Å². The second kappa shape index (κ2) is 9.72. The third-order valence-corrected chi connectivity index (χ3v) is 7.23. The van der Waals surface area contributed by atoms with Crippen LogP contribution >= 0.6 is 11.8 Å². The zero-order valence-electron chi connectivity index (χ0n) is 18.2. The number of amides is 2. The van der Waals surface area contributed by atoms with Gasteiger partial charge in [0.2, 0.25) is 5.91 Å². The highest BCUT2D eigenvalue weighted by Crippen LogP contribution is 2.41. The van der Waals surface area contributed by atoms with Gasteiger partial charge in [-0.1, -0.05) is 30.7 Å². The summed E-state index contributed by atoms with van der Waals surface area (Å²) in [6.07, 6.45) is 6.34. The second-order valence-corrected chi connectivity index (χ2v) is 9.18. The first-order chi connectivity index (χ1) is 15.5. The van der Waals surface area contributed by atoms with E-state index >= 15 is 0 Å². The smallest absolute Gasteiger partial charge is 0.328 e. The SMILES string of the molecule is COC(=O)C1CC2CCCCC2N1C(=O)c1cccc(NC(=O)CSc2nncn2C)c1. The monoisotopic (exact) mass is 457 g/mol. The van der Waals surface area contributed by atoms with Crippen LogP contribution in [0.5, 0.6) is 0 Å². The van der Waals surface area contributed by atoms with E-state index in [0.717, 1.165) is 25.7 Å². The van der Waals surface area contributed by atoms with Gasteiger partial charge in [-0.25, -0.2) is 4.79 Å². The molecule has 3 atom stereocenters. The number of nitrogens with one attached hydrogen (secondary N) is 1. The number of likely N-dealkylation sites (tertiary alicyclic amines) is 1. The number of hydrogen-bond donors (Lipinski definition) is 1. The Morgan fingerprint density at radius 2 is 2.06 bits per heavy atom. The summed E-state index contributed by atoms with van der Waals surface area (Å²) in [4.78, 5) is 40.0. The van der Waals surface area contributed by atoms with Gasteiger partial charge in [0.25, 0.3) is 5.91 Å². The average molecular weight is 458 g/mol. The highest BCUT2D eigenvalue weighted by Gasteiger charge is 2.48. The maximum atomic E-state index is 13.5. The molecule has 1 saturated carbocycles. The largest absolute Gasteiger partial charge is 0.467 e. The Labute approximate surface area is 190 Å². The molecule has 170 valence electrons. The van der Waals surface area contributed by atoms with E-state index in [1.165, 1.54) is 18.9 Å². The van der Waals surface area contributed by atoms with Crippen LogP contribution in [0.15, 0.2) is 35.7 Å². The third-order valence-electron chi connectivity index (χ3n) is 6.19. The van der Waals surface area contributed by atoms with Gasteiger partial charge in [0.15, 0.2) is 5.16 Å². The minimum absolute atomic E-state index is 0.0568. The van der Waals surface area contributed by atoms with E-state index < -0.39 is 6.04 Å². The van der Waals surface area contributed by atoms with Crippen molar-refractivity contribution in [2.75, 3.05) is 18.2 Å². The number of carbonyl (C=O) groups is 3. The molecule has 32 heavy (non-hydrogen) atoms. The molecule has 2 aromatic rings. The molecule has 1 aliphatic carbocycles. The molecule has 4 rings (SSSR count). The number of methoxy groups -OCH3 is 1. The maximum absolute atomic E-state index is 13.5. The molecule has 1 aliphatic heterocycles. The summed E-state index contributed by atoms with van der Waals surface area (Å²) in [6.45, 7) is 0.